The molecule has 5 nitrogen and oxygen atoms in total. The summed E-state index contributed by atoms with van der Waals surface area (Å²) in [5.74, 6) is -0.500. The van der Waals surface area contributed by atoms with Crippen molar-refractivity contribution < 1.29 is 14.3 Å². The normalized spacial score (nSPS) is 14.4. The van der Waals surface area contributed by atoms with Crippen molar-refractivity contribution in [3.8, 4) is 0 Å². The fourth-order valence-electron chi connectivity index (χ4n) is 2.60. The van der Waals surface area contributed by atoms with E-state index in [1.807, 2.05) is 21.0 Å². The van der Waals surface area contributed by atoms with Gasteiger partial charge >= 0.3 is 5.97 Å². The molecule has 0 spiro atoms. The number of esters is 1. The molecule has 1 aliphatic rings. The Kier molecular flexibility index (Phi) is 7.27. The van der Waals surface area contributed by atoms with Crippen LogP contribution in [-0.2, 0) is 22.4 Å². The average Bonchev–Trinajstić information content (AvgIpc) is 2.92. The number of thiophene rings is 1. The number of hydrogen-bond donors (Lipinski definition) is 1. The molecular weight excluding hydrogens is 376 g/mol. The number of fused-ring (bicyclic) bond motifs is 1. The van der Waals surface area contributed by atoms with E-state index in [0.717, 1.165) is 31.2 Å². The zero-order valence-corrected chi connectivity index (χ0v) is 17.5. The Bertz CT molecular complexity index is 670. The lowest BCUT2D eigenvalue weighted by molar-refractivity contribution is -0.115. The number of hydrogen-bond acceptors (Lipinski definition) is 6. The molecule has 0 saturated carbocycles. The number of rotatable bonds is 5. The average molecular weight is 401 g/mol. The molecule has 0 radical (unpaired) electrons. The molecule has 0 bridgehead atoms. The third-order valence-corrected chi connectivity index (χ3v) is 6.90. The zero-order chi connectivity index (χ0) is 18.6. The van der Waals surface area contributed by atoms with E-state index in [1.165, 1.54) is 28.0 Å². The fraction of sp³-hybridized carbons (Fsp3) is 0.588. The third kappa shape index (κ3) is 4.95. The second-order valence-electron chi connectivity index (χ2n) is 6.05. The zero-order valence-electron chi connectivity index (χ0n) is 15.0. The lowest BCUT2D eigenvalue weighted by Gasteiger charge is -2.17. The van der Waals surface area contributed by atoms with E-state index in [1.54, 1.807) is 11.8 Å². The summed E-state index contributed by atoms with van der Waals surface area (Å²) >= 11 is 8.08. The number of ether oxygens (including phenoxy) is 1. The van der Waals surface area contributed by atoms with Gasteiger partial charge in [0.15, 0.2) is 0 Å². The number of nitrogens with zero attached hydrogens (tertiary/aromatic N) is 1. The molecule has 0 aromatic carbocycles. The molecule has 1 atom stereocenters. The van der Waals surface area contributed by atoms with E-state index in [2.05, 4.69) is 5.32 Å². The maximum absolute atomic E-state index is 12.6. The Hall–Kier alpha value is -1.12. The molecule has 1 unspecified atom stereocenters. The fourth-order valence-corrected chi connectivity index (χ4v) is 4.99. The highest BCUT2D eigenvalue weighted by molar-refractivity contribution is 8.23. The largest absolute Gasteiger partial charge is 0.462 e. The summed E-state index contributed by atoms with van der Waals surface area (Å²) in [4.78, 5) is 28.0. The quantitative estimate of drug-likeness (QED) is 0.601. The molecule has 1 aromatic rings. The van der Waals surface area contributed by atoms with Crippen LogP contribution < -0.4 is 5.32 Å². The highest BCUT2D eigenvalue weighted by Gasteiger charge is 2.28. The number of carbonyl (C=O) groups excluding carboxylic acids is 2. The standard InChI is InChI=1S/C17H24N2O3S3/c1-5-22-16(21)13-11-8-6-7-9-12(11)25-15(13)18-14(20)10(2)24-17(23)19(3)4/h10H,5-9H2,1-4H3,(H,18,20). The molecule has 2 rings (SSSR count). The van der Waals surface area contributed by atoms with Crippen LogP contribution in [0, 0.1) is 0 Å². The SMILES string of the molecule is CCOC(=O)c1c(NC(=O)C(C)SC(=S)N(C)C)sc2c1CCCC2. The first kappa shape index (κ1) is 20.2. The maximum atomic E-state index is 12.6. The van der Waals surface area contributed by atoms with E-state index in [-0.39, 0.29) is 17.1 Å². The van der Waals surface area contributed by atoms with Gasteiger partial charge in [-0.25, -0.2) is 4.79 Å². The summed E-state index contributed by atoms with van der Waals surface area (Å²) in [5.41, 5.74) is 1.59. The minimum absolute atomic E-state index is 0.154. The number of thioether (sulfide) groups is 1. The van der Waals surface area contributed by atoms with Crippen LogP contribution >= 0.6 is 35.3 Å². The van der Waals surface area contributed by atoms with Crippen molar-refractivity contribution in [1.82, 2.24) is 4.90 Å². The summed E-state index contributed by atoms with van der Waals surface area (Å²) in [6.45, 7) is 3.92. The van der Waals surface area contributed by atoms with Crippen LogP contribution in [0.3, 0.4) is 0 Å². The molecule has 1 heterocycles. The Labute approximate surface area is 162 Å². The monoisotopic (exact) mass is 400 g/mol. The number of amides is 1. The lowest BCUT2D eigenvalue weighted by atomic mass is 9.95. The van der Waals surface area contributed by atoms with Gasteiger partial charge in [0.05, 0.1) is 17.4 Å². The van der Waals surface area contributed by atoms with Crippen LogP contribution in [0.4, 0.5) is 5.00 Å². The first-order chi connectivity index (χ1) is 11.8. The molecule has 1 N–H and O–H groups in total. The molecule has 25 heavy (non-hydrogen) atoms. The van der Waals surface area contributed by atoms with Crippen molar-refractivity contribution in [2.75, 3.05) is 26.0 Å². The maximum Gasteiger partial charge on any atom is 0.341 e. The van der Waals surface area contributed by atoms with Crippen molar-refractivity contribution in [2.45, 2.75) is 44.8 Å². The van der Waals surface area contributed by atoms with Gasteiger partial charge in [-0.1, -0.05) is 24.0 Å². The van der Waals surface area contributed by atoms with Gasteiger partial charge in [-0.05, 0) is 45.1 Å². The number of aryl methyl sites for hydroxylation is 1. The van der Waals surface area contributed by atoms with Gasteiger partial charge in [-0.3, -0.25) is 4.79 Å². The van der Waals surface area contributed by atoms with Crippen molar-refractivity contribution >= 4 is 56.5 Å². The van der Waals surface area contributed by atoms with Gasteiger partial charge in [-0.2, -0.15) is 0 Å². The summed E-state index contributed by atoms with van der Waals surface area (Å²) in [7, 11) is 3.71. The lowest BCUT2D eigenvalue weighted by Crippen LogP contribution is -2.27. The second kappa shape index (κ2) is 9.00. The smallest absolute Gasteiger partial charge is 0.341 e. The van der Waals surface area contributed by atoms with Crippen LogP contribution in [-0.4, -0.2) is 47.0 Å². The molecule has 0 aliphatic heterocycles. The van der Waals surface area contributed by atoms with Crippen LogP contribution in [0.2, 0.25) is 0 Å². The minimum Gasteiger partial charge on any atom is -0.462 e. The predicted octanol–water partition coefficient (Wildman–Crippen LogP) is 3.71. The molecule has 0 saturated heterocycles. The first-order valence-electron chi connectivity index (χ1n) is 8.35. The molecule has 138 valence electrons. The van der Waals surface area contributed by atoms with Gasteiger partial charge in [0.1, 0.15) is 9.32 Å². The molecule has 1 amide bonds. The van der Waals surface area contributed by atoms with Crippen LogP contribution in [0.15, 0.2) is 0 Å². The Balaban J connectivity index is 2.20. The summed E-state index contributed by atoms with van der Waals surface area (Å²) in [5, 5.41) is 3.20. The highest BCUT2D eigenvalue weighted by Crippen LogP contribution is 2.38. The topological polar surface area (TPSA) is 58.6 Å². The van der Waals surface area contributed by atoms with Crippen molar-refractivity contribution in [3.63, 3.8) is 0 Å². The van der Waals surface area contributed by atoms with Crippen LogP contribution in [0.1, 0.15) is 47.5 Å². The third-order valence-electron chi connectivity index (χ3n) is 3.90. The summed E-state index contributed by atoms with van der Waals surface area (Å²) < 4.78 is 5.87. The van der Waals surface area contributed by atoms with Crippen molar-refractivity contribution in [2.24, 2.45) is 0 Å². The number of anilines is 1. The summed E-state index contributed by atoms with van der Waals surface area (Å²) in [6, 6.07) is 0. The van der Waals surface area contributed by atoms with E-state index >= 15 is 0 Å². The minimum atomic E-state index is -0.346. The summed E-state index contributed by atoms with van der Waals surface area (Å²) in [6.07, 6.45) is 4.00. The second-order valence-corrected chi connectivity index (χ2v) is 9.12. The van der Waals surface area contributed by atoms with Crippen molar-refractivity contribution in [3.05, 3.63) is 16.0 Å². The molecule has 1 aliphatic carbocycles. The van der Waals surface area contributed by atoms with E-state index in [4.69, 9.17) is 17.0 Å². The van der Waals surface area contributed by atoms with E-state index in [0.29, 0.717) is 21.5 Å². The van der Waals surface area contributed by atoms with Crippen LogP contribution in [0.25, 0.3) is 0 Å². The Morgan fingerprint density at radius 3 is 2.68 bits per heavy atom. The van der Waals surface area contributed by atoms with Gasteiger partial charge in [0.25, 0.3) is 0 Å². The number of nitrogens with one attached hydrogen (secondary N) is 1. The number of thiocarbonyl (C=S) groups is 1. The molecule has 1 aromatic heterocycles. The van der Waals surface area contributed by atoms with E-state index in [9.17, 15) is 9.59 Å². The predicted molar refractivity (Wildman–Crippen MR) is 109 cm³/mol. The van der Waals surface area contributed by atoms with Gasteiger partial charge in [-0.15, -0.1) is 11.3 Å². The highest BCUT2D eigenvalue weighted by atomic mass is 32.2. The molecule has 8 heteroatoms. The number of carbonyl (C=O) groups is 2. The Morgan fingerprint density at radius 2 is 2.04 bits per heavy atom. The first-order valence-corrected chi connectivity index (χ1v) is 10.5. The molecule has 0 fully saturated rings. The van der Waals surface area contributed by atoms with Gasteiger partial charge in [0.2, 0.25) is 5.91 Å². The Morgan fingerprint density at radius 1 is 1.36 bits per heavy atom. The van der Waals surface area contributed by atoms with E-state index < -0.39 is 0 Å². The van der Waals surface area contributed by atoms with Crippen LogP contribution in [0.5, 0.6) is 0 Å². The van der Waals surface area contributed by atoms with Crippen molar-refractivity contribution in [1.29, 1.82) is 0 Å². The molecular formula is C17H24N2O3S3. The van der Waals surface area contributed by atoms with Gasteiger partial charge in [0, 0.05) is 19.0 Å². The van der Waals surface area contributed by atoms with Gasteiger partial charge < -0.3 is 15.0 Å².